The number of hydrogen-bond acceptors (Lipinski definition) is 4. The van der Waals surface area contributed by atoms with Crippen molar-refractivity contribution >= 4 is 45.0 Å². The van der Waals surface area contributed by atoms with Crippen molar-refractivity contribution in [1.82, 2.24) is 20.6 Å². The van der Waals surface area contributed by atoms with Crippen molar-refractivity contribution in [2.24, 2.45) is 5.92 Å². The summed E-state index contributed by atoms with van der Waals surface area (Å²) in [6.45, 7) is 2.44. The molecule has 3 aromatic rings. The first-order chi connectivity index (χ1) is 12.5. The van der Waals surface area contributed by atoms with Crippen molar-refractivity contribution in [3.8, 4) is 0 Å². The molecule has 0 aliphatic heterocycles. The van der Waals surface area contributed by atoms with Gasteiger partial charge in [0, 0.05) is 16.3 Å². The van der Waals surface area contributed by atoms with Gasteiger partial charge in [-0.1, -0.05) is 29.8 Å². The van der Waals surface area contributed by atoms with Gasteiger partial charge in [0.25, 0.3) is 5.91 Å². The van der Waals surface area contributed by atoms with E-state index in [-0.39, 0.29) is 17.7 Å². The lowest BCUT2D eigenvalue weighted by atomic mass is 10.2. The molecule has 2 aromatic heterocycles. The second-order valence-electron chi connectivity index (χ2n) is 6.38. The highest BCUT2D eigenvalue weighted by Crippen LogP contribution is 2.30. The second-order valence-corrected chi connectivity index (χ2v) is 7.82. The van der Waals surface area contributed by atoms with Gasteiger partial charge in [-0.3, -0.25) is 25.1 Å². The molecular formula is C18H17ClN4O2S. The van der Waals surface area contributed by atoms with Crippen molar-refractivity contribution in [2.45, 2.75) is 26.3 Å². The predicted molar refractivity (Wildman–Crippen MR) is 101 cm³/mol. The Morgan fingerprint density at radius 2 is 2.08 bits per heavy atom. The molecular weight excluding hydrogens is 372 g/mol. The number of aromatic nitrogens is 2. The number of halogens is 1. The fraction of sp³-hybridized carbons (Fsp3) is 0.278. The number of benzene rings is 1. The molecule has 134 valence electrons. The molecule has 1 aliphatic rings. The van der Waals surface area contributed by atoms with Crippen LogP contribution >= 0.6 is 22.9 Å². The van der Waals surface area contributed by atoms with Crippen LogP contribution < -0.4 is 10.9 Å². The Balaban J connectivity index is 1.56. The molecule has 0 bridgehead atoms. The molecule has 1 fully saturated rings. The molecule has 2 amide bonds. The van der Waals surface area contributed by atoms with Crippen LogP contribution in [0.1, 0.15) is 33.8 Å². The molecule has 1 saturated carbocycles. The lowest BCUT2D eigenvalue weighted by Crippen LogP contribution is -2.42. The quantitative estimate of drug-likeness (QED) is 0.673. The van der Waals surface area contributed by atoms with Crippen molar-refractivity contribution in [1.29, 1.82) is 0 Å². The lowest BCUT2D eigenvalue weighted by molar-refractivity contribution is -0.123. The average Bonchev–Trinajstić information content (AvgIpc) is 3.31. The van der Waals surface area contributed by atoms with Gasteiger partial charge in [-0.2, -0.15) is 5.10 Å². The highest BCUT2D eigenvalue weighted by molar-refractivity contribution is 7.20. The third-order valence-electron chi connectivity index (χ3n) is 4.36. The predicted octanol–water partition coefficient (Wildman–Crippen LogP) is 3.28. The Labute approximate surface area is 159 Å². The topological polar surface area (TPSA) is 76.0 Å². The number of nitrogens with zero attached hydrogens (tertiary/aromatic N) is 2. The Bertz CT molecular complexity index is 1010. The summed E-state index contributed by atoms with van der Waals surface area (Å²) in [4.78, 5) is 25.4. The minimum atomic E-state index is -0.316. The van der Waals surface area contributed by atoms with Gasteiger partial charge in [0.1, 0.15) is 4.83 Å². The maximum absolute atomic E-state index is 12.3. The second kappa shape index (κ2) is 6.74. The van der Waals surface area contributed by atoms with Crippen LogP contribution in [0.25, 0.3) is 10.2 Å². The Morgan fingerprint density at radius 3 is 2.81 bits per heavy atom. The van der Waals surface area contributed by atoms with E-state index in [1.165, 1.54) is 11.3 Å². The zero-order valence-electron chi connectivity index (χ0n) is 14.1. The highest BCUT2D eigenvalue weighted by atomic mass is 35.5. The van der Waals surface area contributed by atoms with E-state index >= 15 is 0 Å². The van der Waals surface area contributed by atoms with Crippen LogP contribution in [0.15, 0.2) is 30.3 Å². The Hall–Kier alpha value is -2.38. The summed E-state index contributed by atoms with van der Waals surface area (Å²) in [6.07, 6.45) is 1.78. The average molecular weight is 389 g/mol. The zero-order valence-corrected chi connectivity index (χ0v) is 15.7. The molecule has 0 spiro atoms. The molecule has 8 heteroatoms. The van der Waals surface area contributed by atoms with Crippen LogP contribution in [0.5, 0.6) is 0 Å². The van der Waals surface area contributed by atoms with Crippen LogP contribution in [0.4, 0.5) is 0 Å². The molecule has 2 N–H and O–H groups in total. The van der Waals surface area contributed by atoms with Gasteiger partial charge >= 0.3 is 0 Å². The minimum Gasteiger partial charge on any atom is -0.273 e. The van der Waals surface area contributed by atoms with E-state index in [0.717, 1.165) is 34.3 Å². The summed E-state index contributed by atoms with van der Waals surface area (Å²) < 4.78 is 1.86. The van der Waals surface area contributed by atoms with Gasteiger partial charge < -0.3 is 0 Å². The van der Waals surface area contributed by atoms with Gasteiger partial charge in [0.15, 0.2) is 0 Å². The van der Waals surface area contributed by atoms with Crippen LogP contribution in [-0.2, 0) is 11.3 Å². The van der Waals surface area contributed by atoms with Gasteiger partial charge in [0.2, 0.25) is 5.91 Å². The molecule has 6 nitrogen and oxygen atoms in total. The van der Waals surface area contributed by atoms with E-state index in [1.807, 2.05) is 41.9 Å². The number of rotatable bonds is 4. The molecule has 0 saturated heterocycles. The third-order valence-corrected chi connectivity index (χ3v) is 5.87. The number of amides is 2. The standard InChI is InChI=1S/C18H17ClN4O2S/c1-10-13-8-15(17(25)21-20-16(24)11-6-7-11)26-18(13)23(22-10)9-12-4-2-3-5-14(12)19/h2-5,8,11H,6-7,9H2,1H3,(H,20,24)(H,21,25). The van der Waals surface area contributed by atoms with Crippen molar-refractivity contribution in [3.05, 3.63) is 51.5 Å². The number of thiophene rings is 1. The van der Waals surface area contributed by atoms with Crippen LogP contribution in [0.3, 0.4) is 0 Å². The number of nitrogens with one attached hydrogen (secondary N) is 2. The van der Waals surface area contributed by atoms with Crippen LogP contribution in [0, 0.1) is 12.8 Å². The monoisotopic (exact) mass is 388 g/mol. The van der Waals surface area contributed by atoms with E-state index in [0.29, 0.717) is 16.4 Å². The van der Waals surface area contributed by atoms with Crippen LogP contribution in [-0.4, -0.2) is 21.6 Å². The highest BCUT2D eigenvalue weighted by Gasteiger charge is 2.30. The first kappa shape index (κ1) is 17.1. The largest absolute Gasteiger partial charge is 0.279 e. The number of carbonyl (C=O) groups excluding carboxylic acids is 2. The van der Waals surface area contributed by atoms with Crippen molar-refractivity contribution in [2.75, 3.05) is 0 Å². The normalized spacial score (nSPS) is 13.8. The van der Waals surface area contributed by atoms with Gasteiger partial charge in [-0.25, -0.2) is 0 Å². The van der Waals surface area contributed by atoms with Gasteiger partial charge in [0.05, 0.1) is 17.1 Å². The molecule has 4 rings (SSSR count). The number of hydrazine groups is 1. The summed E-state index contributed by atoms with van der Waals surface area (Å²) in [5, 5.41) is 6.18. The molecule has 2 heterocycles. The molecule has 26 heavy (non-hydrogen) atoms. The number of fused-ring (bicyclic) bond motifs is 1. The first-order valence-corrected chi connectivity index (χ1v) is 9.53. The summed E-state index contributed by atoms with van der Waals surface area (Å²) in [7, 11) is 0. The smallest absolute Gasteiger partial charge is 0.273 e. The maximum atomic E-state index is 12.3. The number of carbonyl (C=O) groups is 2. The Kier molecular flexibility index (Phi) is 4.42. The van der Waals surface area contributed by atoms with Gasteiger partial charge in [-0.05, 0) is 37.5 Å². The summed E-state index contributed by atoms with van der Waals surface area (Å²) in [5.74, 6) is -0.395. The fourth-order valence-corrected chi connectivity index (χ4v) is 4.00. The van der Waals surface area contributed by atoms with Crippen molar-refractivity contribution < 1.29 is 9.59 Å². The number of aryl methyl sites for hydroxylation is 1. The number of hydrogen-bond donors (Lipinski definition) is 2. The lowest BCUT2D eigenvalue weighted by Gasteiger charge is -2.06. The minimum absolute atomic E-state index is 0.0455. The molecule has 0 radical (unpaired) electrons. The van der Waals surface area contributed by atoms with E-state index < -0.39 is 0 Å². The first-order valence-electron chi connectivity index (χ1n) is 8.33. The zero-order chi connectivity index (χ0) is 18.3. The van der Waals surface area contributed by atoms with Crippen LogP contribution in [0.2, 0.25) is 5.02 Å². The molecule has 1 aromatic carbocycles. The van der Waals surface area contributed by atoms with E-state index in [9.17, 15) is 9.59 Å². The van der Waals surface area contributed by atoms with E-state index in [1.54, 1.807) is 0 Å². The fourth-order valence-electron chi connectivity index (χ4n) is 2.75. The summed E-state index contributed by atoms with van der Waals surface area (Å²) in [5.41, 5.74) is 6.79. The third kappa shape index (κ3) is 3.32. The molecule has 0 unspecified atom stereocenters. The molecule has 1 aliphatic carbocycles. The van der Waals surface area contributed by atoms with Gasteiger partial charge in [-0.15, -0.1) is 11.3 Å². The van der Waals surface area contributed by atoms with E-state index in [2.05, 4.69) is 16.0 Å². The maximum Gasteiger partial charge on any atom is 0.279 e. The van der Waals surface area contributed by atoms with Crippen molar-refractivity contribution in [3.63, 3.8) is 0 Å². The Morgan fingerprint density at radius 1 is 1.31 bits per heavy atom. The SMILES string of the molecule is Cc1nn(Cc2ccccc2Cl)c2sc(C(=O)NNC(=O)C3CC3)cc12. The van der Waals surface area contributed by atoms with E-state index in [4.69, 9.17) is 11.6 Å². The molecule has 0 atom stereocenters. The summed E-state index contributed by atoms with van der Waals surface area (Å²) in [6, 6.07) is 9.44. The summed E-state index contributed by atoms with van der Waals surface area (Å²) >= 11 is 7.59.